The van der Waals surface area contributed by atoms with E-state index in [4.69, 9.17) is 4.74 Å². The molecule has 1 rings (SSSR count). The van der Waals surface area contributed by atoms with Crippen molar-refractivity contribution >= 4 is 0 Å². The summed E-state index contributed by atoms with van der Waals surface area (Å²) >= 11 is 0. The predicted molar refractivity (Wildman–Crippen MR) is 69.1 cm³/mol. The molecule has 0 bridgehead atoms. The standard InChI is InChI=1S/C14H23NO/c1-4-6-13(15-5-2)11-12-7-9-14(16-3)10-8-12/h7-10,13,15H,4-6,11H2,1-3H3. The maximum absolute atomic E-state index is 5.15. The number of rotatable bonds is 7. The number of benzene rings is 1. The molecule has 16 heavy (non-hydrogen) atoms. The first-order valence-electron chi connectivity index (χ1n) is 6.16. The smallest absolute Gasteiger partial charge is 0.118 e. The molecule has 0 aliphatic heterocycles. The van der Waals surface area contributed by atoms with Crippen LogP contribution in [0.3, 0.4) is 0 Å². The van der Waals surface area contributed by atoms with E-state index in [1.165, 1.54) is 18.4 Å². The van der Waals surface area contributed by atoms with E-state index < -0.39 is 0 Å². The van der Waals surface area contributed by atoms with E-state index in [-0.39, 0.29) is 0 Å². The number of hydrogen-bond donors (Lipinski definition) is 1. The fourth-order valence-corrected chi connectivity index (χ4v) is 1.96. The number of hydrogen-bond acceptors (Lipinski definition) is 2. The second-order valence-electron chi connectivity index (χ2n) is 4.10. The summed E-state index contributed by atoms with van der Waals surface area (Å²) < 4.78 is 5.15. The summed E-state index contributed by atoms with van der Waals surface area (Å²) in [4.78, 5) is 0. The Morgan fingerprint density at radius 1 is 1.19 bits per heavy atom. The van der Waals surface area contributed by atoms with Crippen LogP contribution in [0.4, 0.5) is 0 Å². The highest BCUT2D eigenvalue weighted by Crippen LogP contribution is 2.14. The number of nitrogens with one attached hydrogen (secondary N) is 1. The van der Waals surface area contributed by atoms with Gasteiger partial charge < -0.3 is 10.1 Å². The third kappa shape index (κ3) is 4.23. The normalized spacial score (nSPS) is 12.4. The molecule has 0 aliphatic rings. The van der Waals surface area contributed by atoms with Crippen molar-refractivity contribution in [1.82, 2.24) is 5.32 Å². The Morgan fingerprint density at radius 3 is 2.38 bits per heavy atom. The molecule has 0 saturated carbocycles. The van der Waals surface area contributed by atoms with Gasteiger partial charge in [0.05, 0.1) is 7.11 Å². The van der Waals surface area contributed by atoms with Crippen molar-refractivity contribution in [3.8, 4) is 5.75 Å². The monoisotopic (exact) mass is 221 g/mol. The Labute approximate surface area is 99.0 Å². The second kappa shape index (κ2) is 7.29. The minimum absolute atomic E-state index is 0.600. The van der Waals surface area contributed by atoms with Crippen LogP contribution in [-0.4, -0.2) is 19.7 Å². The van der Waals surface area contributed by atoms with E-state index >= 15 is 0 Å². The van der Waals surface area contributed by atoms with Crippen LogP contribution in [0.15, 0.2) is 24.3 Å². The maximum Gasteiger partial charge on any atom is 0.118 e. The molecule has 2 heteroatoms. The van der Waals surface area contributed by atoms with Gasteiger partial charge >= 0.3 is 0 Å². The summed E-state index contributed by atoms with van der Waals surface area (Å²) in [5.41, 5.74) is 1.38. The average molecular weight is 221 g/mol. The number of methoxy groups -OCH3 is 1. The summed E-state index contributed by atoms with van der Waals surface area (Å²) in [6.45, 7) is 5.44. The van der Waals surface area contributed by atoms with Gasteiger partial charge in [-0.3, -0.25) is 0 Å². The van der Waals surface area contributed by atoms with Crippen molar-refractivity contribution in [1.29, 1.82) is 0 Å². The quantitative estimate of drug-likeness (QED) is 0.764. The molecule has 0 aromatic heterocycles. The third-order valence-corrected chi connectivity index (χ3v) is 2.77. The summed E-state index contributed by atoms with van der Waals surface area (Å²) in [6, 6.07) is 8.97. The van der Waals surface area contributed by atoms with Crippen LogP contribution in [-0.2, 0) is 6.42 Å². The van der Waals surface area contributed by atoms with Crippen LogP contribution in [0.2, 0.25) is 0 Å². The van der Waals surface area contributed by atoms with Gasteiger partial charge in [0.15, 0.2) is 0 Å². The minimum Gasteiger partial charge on any atom is -0.497 e. The van der Waals surface area contributed by atoms with Gasteiger partial charge in [0.1, 0.15) is 5.75 Å². The first kappa shape index (κ1) is 13.0. The Bertz CT molecular complexity index is 275. The molecule has 0 saturated heterocycles. The van der Waals surface area contributed by atoms with E-state index in [2.05, 4.69) is 31.3 Å². The van der Waals surface area contributed by atoms with Crippen molar-refractivity contribution in [3.63, 3.8) is 0 Å². The highest BCUT2D eigenvalue weighted by molar-refractivity contribution is 5.27. The molecule has 2 nitrogen and oxygen atoms in total. The number of likely N-dealkylation sites (N-methyl/N-ethyl adjacent to an activating group) is 1. The van der Waals surface area contributed by atoms with E-state index in [1.54, 1.807) is 7.11 Å². The van der Waals surface area contributed by atoms with Crippen LogP contribution in [0.25, 0.3) is 0 Å². The molecule has 1 unspecified atom stereocenters. The zero-order valence-corrected chi connectivity index (χ0v) is 10.6. The zero-order chi connectivity index (χ0) is 11.8. The van der Waals surface area contributed by atoms with Crippen molar-refractivity contribution < 1.29 is 4.74 Å². The van der Waals surface area contributed by atoms with Gasteiger partial charge in [0.25, 0.3) is 0 Å². The SMILES string of the molecule is CCCC(Cc1ccc(OC)cc1)NCC. The van der Waals surface area contributed by atoms with Gasteiger partial charge in [0, 0.05) is 6.04 Å². The van der Waals surface area contributed by atoms with Crippen LogP contribution in [0.5, 0.6) is 5.75 Å². The Hall–Kier alpha value is -1.02. The van der Waals surface area contributed by atoms with Crippen LogP contribution in [0, 0.1) is 0 Å². The van der Waals surface area contributed by atoms with Crippen molar-refractivity contribution in [2.45, 2.75) is 39.2 Å². The molecule has 90 valence electrons. The lowest BCUT2D eigenvalue weighted by Crippen LogP contribution is -2.30. The summed E-state index contributed by atoms with van der Waals surface area (Å²) in [6.07, 6.45) is 3.57. The first-order valence-corrected chi connectivity index (χ1v) is 6.16. The molecule has 1 atom stereocenters. The summed E-state index contributed by atoms with van der Waals surface area (Å²) in [5, 5.41) is 3.53. The van der Waals surface area contributed by atoms with Crippen LogP contribution in [0.1, 0.15) is 32.3 Å². The second-order valence-corrected chi connectivity index (χ2v) is 4.10. The Morgan fingerprint density at radius 2 is 1.88 bits per heavy atom. The van der Waals surface area contributed by atoms with Crippen LogP contribution >= 0.6 is 0 Å². The highest BCUT2D eigenvalue weighted by Gasteiger charge is 2.06. The van der Waals surface area contributed by atoms with E-state index in [9.17, 15) is 0 Å². The van der Waals surface area contributed by atoms with Crippen molar-refractivity contribution in [2.75, 3.05) is 13.7 Å². The average Bonchev–Trinajstić information content (AvgIpc) is 2.31. The van der Waals surface area contributed by atoms with Crippen molar-refractivity contribution in [2.24, 2.45) is 0 Å². The summed E-state index contributed by atoms with van der Waals surface area (Å²) in [7, 11) is 1.70. The van der Waals surface area contributed by atoms with Gasteiger partial charge in [-0.1, -0.05) is 32.4 Å². The lowest BCUT2D eigenvalue weighted by molar-refractivity contribution is 0.414. The zero-order valence-electron chi connectivity index (χ0n) is 10.6. The highest BCUT2D eigenvalue weighted by atomic mass is 16.5. The minimum atomic E-state index is 0.600. The van der Waals surface area contributed by atoms with E-state index in [1.807, 2.05) is 12.1 Å². The van der Waals surface area contributed by atoms with Gasteiger partial charge in [0.2, 0.25) is 0 Å². The molecule has 0 aliphatic carbocycles. The van der Waals surface area contributed by atoms with Gasteiger partial charge in [-0.25, -0.2) is 0 Å². The summed E-state index contributed by atoms with van der Waals surface area (Å²) in [5.74, 6) is 0.930. The molecular formula is C14H23NO. The molecule has 0 amide bonds. The molecule has 0 spiro atoms. The third-order valence-electron chi connectivity index (χ3n) is 2.77. The number of ether oxygens (including phenoxy) is 1. The van der Waals surface area contributed by atoms with E-state index in [0.29, 0.717) is 6.04 Å². The fourth-order valence-electron chi connectivity index (χ4n) is 1.96. The molecular weight excluding hydrogens is 198 g/mol. The van der Waals surface area contributed by atoms with Gasteiger partial charge in [-0.05, 0) is 37.1 Å². The predicted octanol–water partition coefficient (Wildman–Crippen LogP) is 3.02. The van der Waals surface area contributed by atoms with Crippen LogP contribution < -0.4 is 10.1 Å². The van der Waals surface area contributed by atoms with E-state index in [0.717, 1.165) is 18.7 Å². The molecule has 1 N–H and O–H groups in total. The molecule has 0 fully saturated rings. The van der Waals surface area contributed by atoms with Gasteiger partial charge in [-0.15, -0.1) is 0 Å². The molecule has 1 aromatic carbocycles. The Kier molecular flexibility index (Phi) is 5.94. The molecule has 0 radical (unpaired) electrons. The largest absolute Gasteiger partial charge is 0.497 e. The maximum atomic E-state index is 5.15. The fraction of sp³-hybridized carbons (Fsp3) is 0.571. The van der Waals surface area contributed by atoms with Gasteiger partial charge in [-0.2, -0.15) is 0 Å². The lowest BCUT2D eigenvalue weighted by Gasteiger charge is -2.17. The molecule has 1 aromatic rings. The molecule has 0 heterocycles. The van der Waals surface area contributed by atoms with Crippen molar-refractivity contribution in [3.05, 3.63) is 29.8 Å². The lowest BCUT2D eigenvalue weighted by atomic mass is 10.0. The first-order chi connectivity index (χ1) is 7.80. The topological polar surface area (TPSA) is 21.3 Å². The Balaban J connectivity index is 2.54.